The Bertz CT molecular complexity index is 383. The van der Waals surface area contributed by atoms with E-state index in [1.807, 2.05) is 0 Å². The van der Waals surface area contributed by atoms with E-state index in [0.717, 1.165) is 0 Å². The third-order valence-corrected chi connectivity index (χ3v) is 2.40. The minimum absolute atomic E-state index is 0.104. The lowest BCUT2D eigenvalue weighted by Crippen LogP contribution is -2.40. The first-order chi connectivity index (χ1) is 8.19. The van der Waals surface area contributed by atoms with Gasteiger partial charge in [0.2, 0.25) is 0 Å². The molecule has 0 amide bonds. The number of ether oxygens (including phenoxy) is 3. The summed E-state index contributed by atoms with van der Waals surface area (Å²) in [6, 6.07) is 4.77. The minimum atomic E-state index is -2.85. The predicted octanol–water partition coefficient (Wildman–Crippen LogP) is 2.11. The van der Waals surface area contributed by atoms with Crippen LogP contribution < -0.4 is 14.8 Å². The van der Waals surface area contributed by atoms with Crippen LogP contribution >= 0.6 is 0 Å². The SMILES string of the molecule is COc1ccc(OC(F)F)c(NC2COC2)c1. The molecule has 94 valence electrons. The summed E-state index contributed by atoms with van der Waals surface area (Å²) < 4.78 is 38.9. The molecule has 0 atom stereocenters. The van der Waals surface area contributed by atoms with Crippen LogP contribution in [0.2, 0.25) is 0 Å². The van der Waals surface area contributed by atoms with Gasteiger partial charge in [0.15, 0.2) is 0 Å². The number of hydrogen-bond acceptors (Lipinski definition) is 4. The fourth-order valence-corrected chi connectivity index (χ4v) is 1.49. The molecule has 0 bridgehead atoms. The van der Waals surface area contributed by atoms with E-state index in [1.165, 1.54) is 13.2 Å². The normalized spacial score (nSPS) is 15.5. The van der Waals surface area contributed by atoms with E-state index in [4.69, 9.17) is 9.47 Å². The Morgan fingerprint density at radius 3 is 2.71 bits per heavy atom. The highest BCUT2D eigenvalue weighted by Gasteiger charge is 2.20. The Morgan fingerprint density at radius 1 is 1.41 bits per heavy atom. The molecule has 1 fully saturated rings. The van der Waals surface area contributed by atoms with Crippen LogP contribution in [-0.2, 0) is 4.74 Å². The number of hydrogen-bond donors (Lipinski definition) is 1. The zero-order valence-corrected chi connectivity index (χ0v) is 9.28. The maximum Gasteiger partial charge on any atom is 0.387 e. The van der Waals surface area contributed by atoms with E-state index in [9.17, 15) is 8.78 Å². The third kappa shape index (κ3) is 2.97. The molecule has 0 aromatic heterocycles. The van der Waals surface area contributed by atoms with Crippen molar-refractivity contribution in [1.82, 2.24) is 0 Å². The summed E-state index contributed by atoms with van der Waals surface area (Å²) in [6.45, 7) is -1.72. The number of anilines is 1. The molecule has 1 aromatic carbocycles. The van der Waals surface area contributed by atoms with Gasteiger partial charge in [-0.2, -0.15) is 8.78 Å². The average Bonchev–Trinajstić information content (AvgIpc) is 2.24. The Balaban J connectivity index is 2.16. The fraction of sp³-hybridized carbons (Fsp3) is 0.455. The smallest absolute Gasteiger partial charge is 0.387 e. The van der Waals surface area contributed by atoms with E-state index >= 15 is 0 Å². The van der Waals surface area contributed by atoms with Gasteiger partial charge in [0.25, 0.3) is 0 Å². The van der Waals surface area contributed by atoms with Gasteiger partial charge in [0.1, 0.15) is 11.5 Å². The molecule has 1 N–H and O–H groups in total. The molecule has 6 heteroatoms. The average molecular weight is 245 g/mol. The van der Waals surface area contributed by atoms with Crippen molar-refractivity contribution in [2.24, 2.45) is 0 Å². The molecule has 1 heterocycles. The Hall–Kier alpha value is -1.56. The summed E-state index contributed by atoms with van der Waals surface area (Å²) in [6.07, 6.45) is 0. The third-order valence-electron chi connectivity index (χ3n) is 2.40. The van der Waals surface area contributed by atoms with Crippen molar-refractivity contribution in [1.29, 1.82) is 0 Å². The fourth-order valence-electron chi connectivity index (χ4n) is 1.49. The van der Waals surface area contributed by atoms with Gasteiger partial charge in [-0.3, -0.25) is 0 Å². The Labute approximate surface area is 97.5 Å². The molecular weight excluding hydrogens is 232 g/mol. The Kier molecular flexibility index (Phi) is 3.63. The first kappa shape index (κ1) is 11.9. The van der Waals surface area contributed by atoms with Crippen LogP contribution in [0.15, 0.2) is 18.2 Å². The predicted molar refractivity (Wildman–Crippen MR) is 57.9 cm³/mol. The van der Waals surface area contributed by atoms with Crippen molar-refractivity contribution >= 4 is 5.69 Å². The molecule has 0 spiro atoms. The van der Waals surface area contributed by atoms with Crippen molar-refractivity contribution in [3.63, 3.8) is 0 Å². The van der Waals surface area contributed by atoms with Gasteiger partial charge in [-0.25, -0.2) is 0 Å². The summed E-state index contributed by atoms with van der Waals surface area (Å²) >= 11 is 0. The number of alkyl halides is 2. The molecule has 0 saturated carbocycles. The number of rotatable bonds is 5. The highest BCUT2D eigenvalue weighted by atomic mass is 19.3. The molecule has 0 aliphatic carbocycles. The topological polar surface area (TPSA) is 39.7 Å². The van der Waals surface area contributed by atoms with Gasteiger partial charge in [-0.1, -0.05) is 0 Å². The zero-order valence-electron chi connectivity index (χ0n) is 9.28. The molecule has 1 aliphatic rings. The molecule has 0 unspecified atom stereocenters. The Morgan fingerprint density at radius 2 is 2.18 bits per heavy atom. The number of methoxy groups -OCH3 is 1. The van der Waals surface area contributed by atoms with Crippen molar-refractivity contribution in [3.8, 4) is 11.5 Å². The summed E-state index contributed by atoms with van der Waals surface area (Å²) in [5, 5.41) is 3.06. The zero-order chi connectivity index (χ0) is 12.3. The lowest BCUT2D eigenvalue weighted by Gasteiger charge is -2.28. The van der Waals surface area contributed by atoms with E-state index in [-0.39, 0.29) is 11.8 Å². The van der Waals surface area contributed by atoms with E-state index in [2.05, 4.69) is 10.1 Å². The second-order valence-electron chi connectivity index (χ2n) is 3.62. The van der Waals surface area contributed by atoms with Gasteiger partial charge in [0.05, 0.1) is 32.1 Å². The maximum absolute atomic E-state index is 12.2. The lowest BCUT2D eigenvalue weighted by molar-refractivity contribution is -0.0495. The van der Waals surface area contributed by atoms with Crippen molar-refractivity contribution in [3.05, 3.63) is 18.2 Å². The maximum atomic E-state index is 12.2. The summed E-state index contributed by atoms with van der Waals surface area (Å²) in [4.78, 5) is 0. The first-order valence-electron chi connectivity index (χ1n) is 5.16. The molecule has 2 rings (SSSR count). The summed E-state index contributed by atoms with van der Waals surface area (Å²) in [5.74, 6) is 0.682. The van der Waals surface area contributed by atoms with Crippen LogP contribution in [0, 0.1) is 0 Å². The largest absolute Gasteiger partial charge is 0.497 e. The summed E-state index contributed by atoms with van der Waals surface area (Å²) in [5.41, 5.74) is 0.484. The number of halogens is 2. The lowest BCUT2D eigenvalue weighted by atomic mass is 10.2. The molecule has 4 nitrogen and oxygen atoms in total. The highest BCUT2D eigenvalue weighted by Crippen LogP contribution is 2.31. The standard InChI is InChI=1S/C11H13F2NO3/c1-15-8-2-3-10(17-11(12)13)9(4-8)14-7-5-16-6-7/h2-4,7,11,14H,5-6H2,1H3. The van der Waals surface area contributed by atoms with Crippen molar-refractivity contribution < 1.29 is 23.0 Å². The molecule has 1 aromatic rings. The van der Waals surface area contributed by atoms with Crippen LogP contribution in [0.25, 0.3) is 0 Å². The number of benzene rings is 1. The van der Waals surface area contributed by atoms with Crippen LogP contribution in [0.1, 0.15) is 0 Å². The molecule has 1 saturated heterocycles. The van der Waals surface area contributed by atoms with Crippen molar-refractivity contribution in [2.75, 3.05) is 25.6 Å². The second kappa shape index (κ2) is 5.18. The van der Waals surface area contributed by atoms with Gasteiger partial charge in [-0.15, -0.1) is 0 Å². The van der Waals surface area contributed by atoms with Crippen LogP contribution in [0.5, 0.6) is 11.5 Å². The highest BCUT2D eigenvalue weighted by molar-refractivity contribution is 5.60. The minimum Gasteiger partial charge on any atom is -0.497 e. The molecule has 0 radical (unpaired) electrons. The monoisotopic (exact) mass is 245 g/mol. The van der Waals surface area contributed by atoms with E-state index in [1.54, 1.807) is 12.1 Å². The molecule has 17 heavy (non-hydrogen) atoms. The van der Waals surface area contributed by atoms with Crippen LogP contribution in [-0.4, -0.2) is 33.0 Å². The molecular formula is C11H13F2NO3. The van der Waals surface area contributed by atoms with Gasteiger partial charge in [-0.05, 0) is 12.1 Å². The van der Waals surface area contributed by atoms with E-state index < -0.39 is 6.61 Å². The van der Waals surface area contributed by atoms with Crippen LogP contribution in [0.4, 0.5) is 14.5 Å². The quantitative estimate of drug-likeness (QED) is 0.862. The van der Waals surface area contributed by atoms with E-state index in [0.29, 0.717) is 24.7 Å². The summed E-state index contributed by atoms with van der Waals surface area (Å²) in [7, 11) is 1.51. The van der Waals surface area contributed by atoms with Crippen LogP contribution in [0.3, 0.4) is 0 Å². The van der Waals surface area contributed by atoms with Crippen molar-refractivity contribution in [2.45, 2.75) is 12.7 Å². The van der Waals surface area contributed by atoms with Gasteiger partial charge >= 0.3 is 6.61 Å². The number of nitrogens with one attached hydrogen (secondary N) is 1. The van der Waals surface area contributed by atoms with Gasteiger partial charge < -0.3 is 19.5 Å². The first-order valence-corrected chi connectivity index (χ1v) is 5.16. The van der Waals surface area contributed by atoms with Gasteiger partial charge in [0, 0.05) is 6.07 Å². The second-order valence-corrected chi connectivity index (χ2v) is 3.62. The molecule has 1 aliphatic heterocycles.